The Kier molecular flexibility index (Phi) is 6.97. The van der Waals surface area contributed by atoms with Crippen molar-refractivity contribution in [1.29, 1.82) is 0 Å². The van der Waals surface area contributed by atoms with Crippen LogP contribution in [-0.2, 0) is 11.0 Å². The highest BCUT2D eigenvalue weighted by molar-refractivity contribution is 5.85. The first-order chi connectivity index (χ1) is 11.9. The molecule has 146 valence electrons. The lowest BCUT2D eigenvalue weighted by Gasteiger charge is -2.35. The molecule has 1 aromatic rings. The van der Waals surface area contributed by atoms with Crippen molar-refractivity contribution in [3.05, 3.63) is 35.4 Å². The minimum absolute atomic E-state index is 0. The minimum atomic E-state index is -4.34. The molecule has 3 nitrogen and oxygen atoms in total. The lowest BCUT2D eigenvalue weighted by molar-refractivity contribution is -0.137. The minimum Gasteiger partial charge on any atom is -0.339 e. The van der Waals surface area contributed by atoms with Gasteiger partial charge in [-0.2, -0.15) is 13.2 Å². The molecule has 0 bridgehead atoms. The highest BCUT2D eigenvalue weighted by Crippen LogP contribution is 2.49. The lowest BCUT2D eigenvalue weighted by atomic mass is 10.0. The van der Waals surface area contributed by atoms with E-state index in [1.165, 1.54) is 12.1 Å². The summed E-state index contributed by atoms with van der Waals surface area (Å²) < 4.78 is 38.7. The number of piperidine rings is 1. The number of alkyl halides is 3. The van der Waals surface area contributed by atoms with Crippen molar-refractivity contribution in [3.63, 3.8) is 0 Å². The number of carbonyl (C=O) groups excluding carboxylic acids is 1. The first kappa shape index (κ1) is 21.0. The van der Waals surface area contributed by atoms with E-state index < -0.39 is 11.7 Å². The van der Waals surface area contributed by atoms with E-state index in [0.717, 1.165) is 45.0 Å². The second-order valence-electron chi connectivity index (χ2n) is 7.08. The molecule has 1 saturated heterocycles. The van der Waals surface area contributed by atoms with Crippen LogP contribution in [0.2, 0.25) is 0 Å². The molecular formula is C19H26ClF3N2O. The molecule has 1 aromatic carbocycles. The predicted octanol–water partition coefficient (Wildman–Crippen LogP) is 4.22. The number of benzene rings is 1. The summed E-state index contributed by atoms with van der Waals surface area (Å²) in [7, 11) is 0. The van der Waals surface area contributed by atoms with Crippen LogP contribution in [-0.4, -0.2) is 36.5 Å². The zero-order valence-corrected chi connectivity index (χ0v) is 15.7. The quantitative estimate of drug-likeness (QED) is 0.816. The summed E-state index contributed by atoms with van der Waals surface area (Å²) in [5.74, 6) is -0.114. The zero-order chi connectivity index (χ0) is 18.0. The summed E-state index contributed by atoms with van der Waals surface area (Å²) in [5.41, 5.74) is 0.00167. The molecule has 0 spiro atoms. The molecule has 2 fully saturated rings. The molecule has 0 radical (unpaired) electrons. The van der Waals surface area contributed by atoms with Crippen LogP contribution in [0, 0.1) is 5.92 Å². The summed E-state index contributed by atoms with van der Waals surface area (Å²) in [6.45, 7) is 4.62. The van der Waals surface area contributed by atoms with Gasteiger partial charge in [-0.05, 0) is 56.3 Å². The molecule has 1 amide bonds. The van der Waals surface area contributed by atoms with Gasteiger partial charge in [0.2, 0.25) is 5.91 Å². The fraction of sp³-hybridized carbons (Fsp3) is 0.632. The SMILES string of the molecule is CCCN(C(=O)C1CC1c1cccc(C(F)(F)F)c1)C1CCNCC1.Cl. The molecule has 1 aliphatic heterocycles. The summed E-state index contributed by atoms with van der Waals surface area (Å²) >= 11 is 0. The Morgan fingerprint density at radius 3 is 2.58 bits per heavy atom. The molecule has 1 heterocycles. The fourth-order valence-electron chi connectivity index (χ4n) is 3.83. The average molecular weight is 391 g/mol. The van der Waals surface area contributed by atoms with E-state index in [9.17, 15) is 18.0 Å². The number of nitrogens with one attached hydrogen (secondary N) is 1. The van der Waals surface area contributed by atoms with Crippen molar-refractivity contribution < 1.29 is 18.0 Å². The molecule has 2 unspecified atom stereocenters. The van der Waals surface area contributed by atoms with E-state index >= 15 is 0 Å². The van der Waals surface area contributed by atoms with Crippen molar-refractivity contribution >= 4 is 18.3 Å². The standard InChI is InChI=1S/C19H25F3N2O.ClH/c1-2-10-24(15-6-8-23-9-7-15)18(25)17-12-16(17)13-4-3-5-14(11-13)19(20,21)22;/h3-5,11,15-17,23H,2,6-10,12H2,1H3;1H. The van der Waals surface area contributed by atoms with E-state index in [-0.39, 0.29) is 36.2 Å². The average Bonchev–Trinajstić information content (AvgIpc) is 3.40. The van der Waals surface area contributed by atoms with Crippen LogP contribution in [0.3, 0.4) is 0 Å². The van der Waals surface area contributed by atoms with Gasteiger partial charge in [0.15, 0.2) is 0 Å². The second-order valence-corrected chi connectivity index (χ2v) is 7.08. The van der Waals surface area contributed by atoms with E-state index in [2.05, 4.69) is 12.2 Å². The van der Waals surface area contributed by atoms with Crippen LogP contribution in [0.15, 0.2) is 24.3 Å². The molecule has 26 heavy (non-hydrogen) atoms. The number of carbonyl (C=O) groups is 1. The van der Waals surface area contributed by atoms with Crippen molar-refractivity contribution in [3.8, 4) is 0 Å². The van der Waals surface area contributed by atoms with Crippen LogP contribution in [0.25, 0.3) is 0 Å². The number of hydrogen-bond donors (Lipinski definition) is 1. The van der Waals surface area contributed by atoms with Gasteiger partial charge >= 0.3 is 6.18 Å². The van der Waals surface area contributed by atoms with Crippen LogP contribution in [0.4, 0.5) is 13.2 Å². The summed E-state index contributed by atoms with van der Waals surface area (Å²) in [5, 5.41) is 3.31. The van der Waals surface area contributed by atoms with Crippen molar-refractivity contribution in [2.45, 2.75) is 50.7 Å². The second kappa shape index (κ2) is 8.61. The molecule has 1 N–H and O–H groups in total. The van der Waals surface area contributed by atoms with Gasteiger partial charge in [-0.15, -0.1) is 12.4 Å². The molecular weight excluding hydrogens is 365 g/mol. The monoisotopic (exact) mass is 390 g/mol. The van der Waals surface area contributed by atoms with Gasteiger partial charge in [0.05, 0.1) is 5.56 Å². The topological polar surface area (TPSA) is 32.3 Å². The first-order valence-electron chi connectivity index (χ1n) is 9.10. The maximum atomic E-state index is 12.9. The van der Waals surface area contributed by atoms with E-state index in [0.29, 0.717) is 12.0 Å². The Bertz CT molecular complexity index is 617. The third kappa shape index (κ3) is 4.71. The molecule has 3 rings (SSSR count). The lowest BCUT2D eigenvalue weighted by Crippen LogP contribution is -2.47. The van der Waals surface area contributed by atoms with Crippen LogP contribution >= 0.6 is 12.4 Å². The van der Waals surface area contributed by atoms with Crippen molar-refractivity contribution in [2.24, 2.45) is 5.92 Å². The highest BCUT2D eigenvalue weighted by atomic mass is 35.5. The third-order valence-electron chi connectivity index (χ3n) is 5.25. The maximum Gasteiger partial charge on any atom is 0.416 e. The predicted molar refractivity (Wildman–Crippen MR) is 97.4 cm³/mol. The smallest absolute Gasteiger partial charge is 0.339 e. The Balaban J connectivity index is 0.00000243. The number of nitrogens with zero attached hydrogens (tertiary/aromatic N) is 1. The van der Waals surface area contributed by atoms with Crippen LogP contribution < -0.4 is 5.32 Å². The van der Waals surface area contributed by atoms with Crippen molar-refractivity contribution in [1.82, 2.24) is 10.2 Å². The molecule has 1 aliphatic carbocycles. The van der Waals surface area contributed by atoms with E-state index in [1.54, 1.807) is 6.07 Å². The Morgan fingerprint density at radius 1 is 1.27 bits per heavy atom. The van der Waals surface area contributed by atoms with Gasteiger partial charge in [-0.1, -0.05) is 25.1 Å². The summed E-state index contributed by atoms with van der Waals surface area (Å²) in [6.07, 6.45) is -0.880. The highest BCUT2D eigenvalue weighted by Gasteiger charge is 2.47. The summed E-state index contributed by atoms with van der Waals surface area (Å²) in [4.78, 5) is 14.9. The van der Waals surface area contributed by atoms with Gasteiger partial charge < -0.3 is 10.2 Å². The third-order valence-corrected chi connectivity index (χ3v) is 5.25. The number of rotatable bonds is 5. The van der Waals surface area contributed by atoms with Crippen LogP contribution in [0.1, 0.15) is 49.7 Å². The number of amides is 1. The maximum absolute atomic E-state index is 12.9. The van der Waals surface area contributed by atoms with Crippen LogP contribution in [0.5, 0.6) is 0 Å². The Morgan fingerprint density at radius 2 is 1.96 bits per heavy atom. The van der Waals surface area contributed by atoms with Gasteiger partial charge in [-0.3, -0.25) is 4.79 Å². The first-order valence-corrected chi connectivity index (χ1v) is 9.10. The van der Waals surface area contributed by atoms with Gasteiger partial charge in [0, 0.05) is 18.5 Å². The molecule has 2 aliphatic rings. The largest absolute Gasteiger partial charge is 0.416 e. The zero-order valence-electron chi connectivity index (χ0n) is 14.9. The van der Waals surface area contributed by atoms with E-state index in [1.807, 2.05) is 4.90 Å². The molecule has 2 atom stereocenters. The van der Waals surface area contributed by atoms with Gasteiger partial charge in [-0.25, -0.2) is 0 Å². The molecule has 7 heteroatoms. The Hall–Kier alpha value is -1.27. The Labute approximate surface area is 158 Å². The number of hydrogen-bond acceptors (Lipinski definition) is 2. The molecule has 0 aromatic heterocycles. The van der Waals surface area contributed by atoms with E-state index in [4.69, 9.17) is 0 Å². The van der Waals surface area contributed by atoms with Crippen molar-refractivity contribution in [2.75, 3.05) is 19.6 Å². The molecule has 1 saturated carbocycles. The van der Waals surface area contributed by atoms with Gasteiger partial charge in [0.25, 0.3) is 0 Å². The normalized spacial score (nSPS) is 23.2. The van der Waals surface area contributed by atoms with Gasteiger partial charge in [0.1, 0.15) is 0 Å². The summed E-state index contributed by atoms with van der Waals surface area (Å²) in [6, 6.07) is 5.70. The number of halogens is 4. The fourth-order valence-corrected chi connectivity index (χ4v) is 3.83.